The van der Waals surface area contributed by atoms with Gasteiger partial charge in [0.2, 0.25) is 0 Å². The zero-order valence-electron chi connectivity index (χ0n) is 10.5. The van der Waals surface area contributed by atoms with E-state index in [4.69, 9.17) is 10.5 Å². The molecule has 2 atom stereocenters. The van der Waals surface area contributed by atoms with Crippen molar-refractivity contribution in [1.29, 1.82) is 0 Å². The number of aryl methyl sites for hydroxylation is 1. The van der Waals surface area contributed by atoms with Gasteiger partial charge in [0.25, 0.3) is 0 Å². The summed E-state index contributed by atoms with van der Waals surface area (Å²) in [6.45, 7) is 5.34. The molecule has 0 aromatic heterocycles. The molecule has 0 radical (unpaired) electrons. The number of ether oxygens (including phenoxy) is 1. The topological polar surface area (TPSA) is 55.5 Å². The van der Waals surface area contributed by atoms with E-state index < -0.39 is 5.60 Å². The summed E-state index contributed by atoms with van der Waals surface area (Å²) in [5.41, 5.74) is 5.05. The summed E-state index contributed by atoms with van der Waals surface area (Å²) < 4.78 is 18.8. The predicted octanol–water partition coefficient (Wildman–Crippen LogP) is 2.00. The maximum Gasteiger partial charge on any atom is 0.129 e. The molecule has 1 aromatic carbocycles. The van der Waals surface area contributed by atoms with Crippen molar-refractivity contribution in [2.45, 2.75) is 38.9 Å². The van der Waals surface area contributed by atoms with E-state index in [1.807, 2.05) is 6.92 Å². The van der Waals surface area contributed by atoms with Gasteiger partial charge in [-0.3, -0.25) is 0 Å². The fourth-order valence-electron chi connectivity index (χ4n) is 1.62. The number of benzene rings is 1. The quantitative estimate of drug-likeness (QED) is 0.829. The minimum atomic E-state index is -0.956. The third kappa shape index (κ3) is 4.32. The molecule has 0 aliphatic heterocycles. The van der Waals surface area contributed by atoms with E-state index >= 15 is 0 Å². The molecule has 0 fully saturated rings. The van der Waals surface area contributed by atoms with Crippen LogP contribution in [0.25, 0.3) is 0 Å². The van der Waals surface area contributed by atoms with Gasteiger partial charge in [0, 0.05) is 19.0 Å². The van der Waals surface area contributed by atoms with Crippen molar-refractivity contribution in [3.63, 3.8) is 0 Å². The maximum absolute atomic E-state index is 13.3. The van der Waals surface area contributed by atoms with Gasteiger partial charge < -0.3 is 15.6 Å². The van der Waals surface area contributed by atoms with Crippen LogP contribution < -0.4 is 10.5 Å². The van der Waals surface area contributed by atoms with Crippen molar-refractivity contribution in [2.75, 3.05) is 6.54 Å². The fourth-order valence-corrected chi connectivity index (χ4v) is 1.62. The normalized spacial score (nSPS) is 16.4. The third-order valence-corrected chi connectivity index (χ3v) is 2.65. The second kappa shape index (κ2) is 5.47. The third-order valence-electron chi connectivity index (χ3n) is 2.65. The van der Waals surface area contributed by atoms with E-state index in [0.29, 0.717) is 17.7 Å². The molecular weight excluding hydrogens is 221 g/mol. The molecule has 0 heterocycles. The zero-order valence-corrected chi connectivity index (χ0v) is 10.5. The van der Waals surface area contributed by atoms with Gasteiger partial charge in [-0.2, -0.15) is 0 Å². The summed E-state index contributed by atoms with van der Waals surface area (Å²) in [6, 6.07) is 4.73. The highest BCUT2D eigenvalue weighted by Gasteiger charge is 2.22. The predicted molar refractivity (Wildman–Crippen MR) is 65.5 cm³/mol. The van der Waals surface area contributed by atoms with Crippen LogP contribution in [0, 0.1) is 12.7 Å². The van der Waals surface area contributed by atoms with Crippen LogP contribution in [0.1, 0.15) is 25.8 Å². The Morgan fingerprint density at radius 3 is 2.71 bits per heavy atom. The van der Waals surface area contributed by atoms with E-state index in [0.717, 1.165) is 0 Å². The second-order valence-electron chi connectivity index (χ2n) is 4.74. The first-order chi connectivity index (χ1) is 7.84. The first kappa shape index (κ1) is 13.9. The molecule has 0 saturated heterocycles. The van der Waals surface area contributed by atoms with E-state index in [9.17, 15) is 9.50 Å². The summed E-state index contributed by atoms with van der Waals surface area (Å²) in [5.74, 6) is 0.175. The number of rotatable bonds is 5. The largest absolute Gasteiger partial charge is 0.491 e. The lowest BCUT2D eigenvalue weighted by Crippen LogP contribution is -2.38. The Bertz CT molecular complexity index is 380. The molecule has 0 amide bonds. The lowest BCUT2D eigenvalue weighted by Gasteiger charge is -2.25. The molecule has 1 aromatic rings. The molecule has 96 valence electrons. The monoisotopic (exact) mass is 241 g/mol. The second-order valence-corrected chi connectivity index (χ2v) is 4.74. The molecule has 0 spiro atoms. The molecule has 0 aliphatic rings. The van der Waals surface area contributed by atoms with Crippen LogP contribution >= 0.6 is 0 Å². The van der Waals surface area contributed by atoms with Gasteiger partial charge in [-0.15, -0.1) is 0 Å². The van der Waals surface area contributed by atoms with E-state index in [-0.39, 0.29) is 18.5 Å². The SMILES string of the molecule is Cc1ccc(OC(C)CC(C)(O)CN)cc1F. The summed E-state index contributed by atoms with van der Waals surface area (Å²) >= 11 is 0. The summed E-state index contributed by atoms with van der Waals surface area (Å²) in [4.78, 5) is 0. The van der Waals surface area contributed by atoms with E-state index in [2.05, 4.69) is 0 Å². The molecule has 0 aliphatic carbocycles. The summed E-state index contributed by atoms with van der Waals surface area (Å²) in [6.07, 6.45) is 0.176. The number of nitrogens with two attached hydrogens (primary N) is 1. The van der Waals surface area contributed by atoms with Crippen molar-refractivity contribution in [1.82, 2.24) is 0 Å². The van der Waals surface area contributed by atoms with Crippen molar-refractivity contribution < 1.29 is 14.2 Å². The molecule has 17 heavy (non-hydrogen) atoms. The summed E-state index contributed by atoms with van der Waals surface area (Å²) in [7, 11) is 0. The van der Waals surface area contributed by atoms with Gasteiger partial charge in [-0.05, 0) is 32.4 Å². The molecule has 1 rings (SSSR count). The molecular formula is C13H20FNO2. The molecule has 0 saturated carbocycles. The molecule has 3 N–H and O–H groups in total. The average Bonchev–Trinajstić information content (AvgIpc) is 2.23. The number of hydrogen-bond donors (Lipinski definition) is 2. The van der Waals surface area contributed by atoms with Crippen LogP contribution in [-0.4, -0.2) is 23.4 Å². The van der Waals surface area contributed by atoms with Crippen LogP contribution in [0.4, 0.5) is 4.39 Å². The minimum absolute atomic E-state index is 0.170. The zero-order chi connectivity index (χ0) is 13.1. The van der Waals surface area contributed by atoms with Crippen LogP contribution in [-0.2, 0) is 0 Å². The van der Waals surface area contributed by atoms with Crippen molar-refractivity contribution >= 4 is 0 Å². The average molecular weight is 241 g/mol. The number of aliphatic hydroxyl groups is 1. The van der Waals surface area contributed by atoms with Crippen molar-refractivity contribution in [3.05, 3.63) is 29.6 Å². The molecule has 0 bridgehead atoms. The first-order valence-corrected chi connectivity index (χ1v) is 5.69. The van der Waals surface area contributed by atoms with Crippen LogP contribution in [0.15, 0.2) is 18.2 Å². The lowest BCUT2D eigenvalue weighted by atomic mass is 9.99. The smallest absolute Gasteiger partial charge is 0.129 e. The molecule has 4 heteroatoms. The van der Waals surface area contributed by atoms with Crippen molar-refractivity contribution in [2.24, 2.45) is 5.73 Å². The Labute approximate surface area is 101 Å². The highest BCUT2D eigenvalue weighted by atomic mass is 19.1. The number of hydrogen-bond acceptors (Lipinski definition) is 3. The minimum Gasteiger partial charge on any atom is -0.491 e. The molecule has 2 unspecified atom stereocenters. The Morgan fingerprint density at radius 2 is 2.18 bits per heavy atom. The highest BCUT2D eigenvalue weighted by molar-refractivity contribution is 5.28. The van der Waals surface area contributed by atoms with Crippen molar-refractivity contribution in [3.8, 4) is 5.75 Å². The Hall–Kier alpha value is -1.13. The summed E-state index contributed by atoms with van der Waals surface area (Å²) in [5, 5.41) is 9.79. The van der Waals surface area contributed by atoms with Crippen LogP contribution in [0.2, 0.25) is 0 Å². The van der Waals surface area contributed by atoms with Gasteiger partial charge in [-0.25, -0.2) is 4.39 Å². The Kier molecular flexibility index (Phi) is 4.48. The van der Waals surface area contributed by atoms with Crippen LogP contribution in [0.5, 0.6) is 5.75 Å². The lowest BCUT2D eigenvalue weighted by molar-refractivity contribution is 0.0237. The standard InChI is InChI=1S/C13H20FNO2/c1-9-4-5-11(6-12(9)14)17-10(2)7-13(3,16)8-15/h4-6,10,16H,7-8,15H2,1-3H3. The van der Waals surface area contributed by atoms with Gasteiger partial charge >= 0.3 is 0 Å². The van der Waals surface area contributed by atoms with Gasteiger partial charge in [0.15, 0.2) is 0 Å². The Balaban J connectivity index is 2.62. The van der Waals surface area contributed by atoms with Gasteiger partial charge in [0.1, 0.15) is 11.6 Å². The van der Waals surface area contributed by atoms with Crippen LogP contribution in [0.3, 0.4) is 0 Å². The first-order valence-electron chi connectivity index (χ1n) is 5.69. The Morgan fingerprint density at radius 1 is 1.53 bits per heavy atom. The maximum atomic E-state index is 13.3. The van der Waals surface area contributed by atoms with E-state index in [1.165, 1.54) is 6.07 Å². The highest BCUT2D eigenvalue weighted by Crippen LogP contribution is 2.20. The number of halogens is 1. The molecule has 3 nitrogen and oxygen atoms in total. The van der Waals surface area contributed by atoms with E-state index in [1.54, 1.807) is 26.0 Å². The van der Waals surface area contributed by atoms with Gasteiger partial charge in [0.05, 0.1) is 11.7 Å². The van der Waals surface area contributed by atoms with Gasteiger partial charge in [-0.1, -0.05) is 6.07 Å². The fraction of sp³-hybridized carbons (Fsp3) is 0.538.